The number of carbonyl (C=O) groups excluding carboxylic acids is 2. The van der Waals surface area contributed by atoms with Crippen LogP contribution in [0.2, 0.25) is 0 Å². The maximum atomic E-state index is 11.6. The Morgan fingerprint density at radius 3 is 2.39 bits per heavy atom. The van der Waals surface area contributed by atoms with Crippen molar-refractivity contribution in [2.24, 2.45) is 5.92 Å². The molecule has 1 fully saturated rings. The fourth-order valence-corrected chi connectivity index (χ4v) is 2.46. The van der Waals surface area contributed by atoms with Gasteiger partial charge in [0.15, 0.2) is 0 Å². The Morgan fingerprint density at radius 2 is 1.83 bits per heavy atom. The average Bonchev–Trinajstić information content (AvgIpc) is 2.28. The molecule has 104 valence electrons. The summed E-state index contributed by atoms with van der Waals surface area (Å²) in [4.78, 5) is 22.9. The van der Waals surface area contributed by atoms with E-state index in [1.165, 1.54) is 6.42 Å². The molecule has 18 heavy (non-hydrogen) atoms. The second-order valence-electron chi connectivity index (χ2n) is 5.42. The molecule has 0 aliphatic heterocycles. The van der Waals surface area contributed by atoms with Gasteiger partial charge in [-0.2, -0.15) is 0 Å². The summed E-state index contributed by atoms with van der Waals surface area (Å²) in [7, 11) is 0. The molecule has 1 unspecified atom stereocenters. The Hall–Kier alpha value is -0.900. The minimum Gasteiger partial charge on any atom is -0.463 e. The van der Waals surface area contributed by atoms with Crippen molar-refractivity contribution in [2.75, 3.05) is 0 Å². The second-order valence-corrected chi connectivity index (χ2v) is 5.42. The Balaban J connectivity index is 2.28. The highest BCUT2D eigenvalue weighted by Crippen LogP contribution is 2.27. The predicted molar refractivity (Wildman–Crippen MR) is 68.1 cm³/mol. The van der Waals surface area contributed by atoms with Gasteiger partial charge in [0.1, 0.15) is 12.2 Å². The molecule has 1 rings (SSSR count). The van der Waals surface area contributed by atoms with E-state index in [0.29, 0.717) is 0 Å². The van der Waals surface area contributed by atoms with E-state index in [-0.39, 0.29) is 30.6 Å². The molecule has 4 heteroatoms. The van der Waals surface area contributed by atoms with Crippen LogP contribution in [0.1, 0.15) is 58.8 Å². The van der Waals surface area contributed by atoms with Gasteiger partial charge < -0.3 is 9.84 Å². The van der Waals surface area contributed by atoms with Crippen LogP contribution in [-0.2, 0) is 14.3 Å². The molecule has 0 heterocycles. The summed E-state index contributed by atoms with van der Waals surface area (Å²) in [6.45, 7) is 3.50. The monoisotopic (exact) mass is 256 g/mol. The molecule has 1 aliphatic carbocycles. The van der Waals surface area contributed by atoms with Gasteiger partial charge in [-0.1, -0.05) is 19.3 Å². The molecule has 1 N–H and O–H groups in total. The van der Waals surface area contributed by atoms with Gasteiger partial charge in [0, 0.05) is 6.42 Å². The molecule has 0 amide bonds. The molecule has 4 nitrogen and oxygen atoms in total. The topological polar surface area (TPSA) is 63.6 Å². The van der Waals surface area contributed by atoms with Crippen LogP contribution in [0.4, 0.5) is 0 Å². The molecule has 0 aromatic rings. The standard InChI is InChI=1S/C14H24O4/c1-10(2)18-14(17)9-12(15)8-13(16)11-6-4-3-5-7-11/h10-11,13,16H,3-9H2,1-2H3. The Bertz CT molecular complexity index is 280. The van der Waals surface area contributed by atoms with E-state index in [9.17, 15) is 14.7 Å². The number of rotatable bonds is 6. The van der Waals surface area contributed by atoms with E-state index in [4.69, 9.17) is 4.74 Å². The molecule has 0 bridgehead atoms. The number of Topliss-reactive ketones (excluding diaryl/α,β-unsaturated/α-hetero) is 1. The molecule has 1 saturated carbocycles. The average molecular weight is 256 g/mol. The molecule has 1 atom stereocenters. The minimum atomic E-state index is -0.593. The van der Waals surface area contributed by atoms with Gasteiger partial charge in [0.05, 0.1) is 12.2 Å². The van der Waals surface area contributed by atoms with Gasteiger partial charge in [-0.25, -0.2) is 0 Å². The highest BCUT2D eigenvalue weighted by atomic mass is 16.5. The molecule has 0 saturated heterocycles. The summed E-state index contributed by atoms with van der Waals surface area (Å²) in [5.41, 5.74) is 0. The van der Waals surface area contributed by atoms with Crippen LogP contribution in [0.25, 0.3) is 0 Å². The fourth-order valence-electron chi connectivity index (χ4n) is 2.46. The third kappa shape index (κ3) is 5.63. The van der Waals surface area contributed by atoms with E-state index in [2.05, 4.69) is 0 Å². The lowest BCUT2D eigenvalue weighted by Crippen LogP contribution is -2.27. The van der Waals surface area contributed by atoms with E-state index < -0.39 is 12.1 Å². The summed E-state index contributed by atoms with van der Waals surface area (Å²) < 4.78 is 4.91. The zero-order chi connectivity index (χ0) is 13.5. The lowest BCUT2D eigenvalue weighted by molar-refractivity contribution is -0.149. The lowest BCUT2D eigenvalue weighted by Gasteiger charge is -2.26. The van der Waals surface area contributed by atoms with E-state index in [1.54, 1.807) is 13.8 Å². The largest absolute Gasteiger partial charge is 0.463 e. The van der Waals surface area contributed by atoms with Crippen LogP contribution in [0.3, 0.4) is 0 Å². The fraction of sp³-hybridized carbons (Fsp3) is 0.857. The Kier molecular flexibility index (Phi) is 6.33. The Labute approximate surface area is 109 Å². The van der Waals surface area contributed by atoms with Gasteiger partial charge in [0.25, 0.3) is 0 Å². The van der Waals surface area contributed by atoms with Crippen LogP contribution in [-0.4, -0.2) is 29.1 Å². The summed E-state index contributed by atoms with van der Waals surface area (Å²) in [6, 6.07) is 0. The first kappa shape index (κ1) is 15.2. The number of carbonyl (C=O) groups is 2. The normalized spacial score (nSPS) is 18.7. The highest BCUT2D eigenvalue weighted by molar-refractivity contribution is 5.95. The molecule has 0 radical (unpaired) electrons. The highest BCUT2D eigenvalue weighted by Gasteiger charge is 2.24. The van der Waals surface area contributed by atoms with Crippen molar-refractivity contribution in [3.05, 3.63) is 0 Å². The molecular formula is C14H24O4. The quantitative estimate of drug-likeness (QED) is 0.584. The lowest BCUT2D eigenvalue weighted by atomic mass is 9.83. The number of hydrogen-bond acceptors (Lipinski definition) is 4. The van der Waals surface area contributed by atoms with E-state index >= 15 is 0 Å². The van der Waals surface area contributed by atoms with Crippen LogP contribution < -0.4 is 0 Å². The number of aliphatic hydroxyl groups excluding tert-OH is 1. The van der Waals surface area contributed by atoms with Crippen molar-refractivity contribution in [3.8, 4) is 0 Å². The van der Waals surface area contributed by atoms with Gasteiger partial charge >= 0.3 is 5.97 Å². The first-order valence-electron chi connectivity index (χ1n) is 6.88. The summed E-state index contributed by atoms with van der Waals surface area (Å²) >= 11 is 0. The minimum absolute atomic E-state index is 0.0812. The van der Waals surface area contributed by atoms with Crippen LogP contribution >= 0.6 is 0 Å². The maximum absolute atomic E-state index is 11.6. The Morgan fingerprint density at radius 1 is 1.22 bits per heavy atom. The van der Waals surface area contributed by atoms with Crippen molar-refractivity contribution >= 4 is 11.8 Å². The number of aliphatic hydroxyl groups is 1. The number of esters is 1. The summed E-state index contributed by atoms with van der Waals surface area (Å²) in [5.74, 6) is -0.492. The second kappa shape index (κ2) is 7.52. The third-order valence-corrected chi connectivity index (χ3v) is 3.34. The van der Waals surface area contributed by atoms with Crippen molar-refractivity contribution in [1.29, 1.82) is 0 Å². The van der Waals surface area contributed by atoms with Gasteiger partial charge in [-0.3, -0.25) is 9.59 Å². The van der Waals surface area contributed by atoms with Crippen LogP contribution in [0.15, 0.2) is 0 Å². The van der Waals surface area contributed by atoms with Crippen molar-refractivity contribution in [1.82, 2.24) is 0 Å². The SMILES string of the molecule is CC(C)OC(=O)CC(=O)CC(O)C1CCCCC1. The smallest absolute Gasteiger partial charge is 0.313 e. The number of ether oxygens (including phenoxy) is 1. The molecule has 0 spiro atoms. The van der Waals surface area contributed by atoms with Gasteiger partial charge in [-0.05, 0) is 32.6 Å². The van der Waals surface area contributed by atoms with Crippen molar-refractivity contribution in [3.63, 3.8) is 0 Å². The molecular weight excluding hydrogens is 232 g/mol. The van der Waals surface area contributed by atoms with E-state index in [0.717, 1.165) is 25.7 Å². The molecule has 0 aromatic carbocycles. The molecule has 0 aromatic heterocycles. The first-order chi connectivity index (χ1) is 8.49. The first-order valence-corrected chi connectivity index (χ1v) is 6.88. The third-order valence-electron chi connectivity index (χ3n) is 3.34. The zero-order valence-corrected chi connectivity index (χ0v) is 11.4. The van der Waals surface area contributed by atoms with Crippen molar-refractivity contribution < 1.29 is 19.4 Å². The van der Waals surface area contributed by atoms with Crippen molar-refractivity contribution in [2.45, 2.75) is 71.0 Å². The maximum Gasteiger partial charge on any atom is 0.313 e. The zero-order valence-electron chi connectivity index (χ0n) is 11.4. The predicted octanol–water partition coefficient (Wildman–Crippen LogP) is 2.23. The summed E-state index contributed by atoms with van der Waals surface area (Å²) in [5, 5.41) is 9.97. The number of ketones is 1. The van der Waals surface area contributed by atoms with E-state index in [1.807, 2.05) is 0 Å². The van der Waals surface area contributed by atoms with Gasteiger partial charge in [-0.15, -0.1) is 0 Å². The summed E-state index contributed by atoms with van der Waals surface area (Å²) in [6.07, 6.45) is 4.53. The number of hydrogen-bond donors (Lipinski definition) is 1. The van der Waals surface area contributed by atoms with Crippen LogP contribution in [0.5, 0.6) is 0 Å². The van der Waals surface area contributed by atoms with Gasteiger partial charge in [0.2, 0.25) is 0 Å². The molecule has 1 aliphatic rings. The van der Waals surface area contributed by atoms with Crippen LogP contribution in [0, 0.1) is 5.92 Å².